The molecule has 0 saturated carbocycles. The van der Waals surface area contributed by atoms with E-state index in [4.69, 9.17) is 0 Å². The van der Waals surface area contributed by atoms with Crippen molar-refractivity contribution in [2.75, 3.05) is 0 Å². The predicted molar refractivity (Wildman–Crippen MR) is 60.4 cm³/mol. The predicted octanol–water partition coefficient (Wildman–Crippen LogP) is 2.54. The third-order valence-corrected chi connectivity index (χ3v) is 3.81. The first-order valence-electron chi connectivity index (χ1n) is 5.58. The summed E-state index contributed by atoms with van der Waals surface area (Å²) in [6.07, 6.45) is 1.69. The standard InChI is InChI=1S/C11H20NO.CH3.Co.O/c1-8(13)9-6-10(2,3)12-11(4,5)7-9;;;/h9,12H,1,6-7H2,2-5H3;1H3;;. The molecule has 16 heavy (non-hydrogen) atoms. The SMILES string of the molecule is [CH3][Co](=[O])[CH2]C(=O)C1CC(C)(C)NC(C)(C)C1. The molecule has 1 aliphatic rings. The molecule has 0 aromatic rings. The Morgan fingerprint density at radius 2 is 1.69 bits per heavy atom. The Hall–Kier alpha value is -0.0635. The number of hydrogen-bond acceptors (Lipinski definition) is 3. The average Bonchev–Trinajstić information content (AvgIpc) is 1.96. The van der Waals surface area contributed by atoms with Crippen molar-refractivity contribution in [3.05, 3.63) is 0 Å². The Morgan fingerprint density at radius 1 is 1.25 bits per heavy atom. The molecular weight excluding hydrogens is 249 g/mol. The molecular formula is C12H23CoNO2. The van der Waals surface area contributed by atoms with Crippen LogP contribution in [0, 0.1) is 5.92 Å². The molecule has 97 valence electrons. The van der Waals surface area contributed by atoms with Gasteiger partial charge in [-0.1, -0.05) is 0 Å². The van der Waals surface area contributed by atoms with Gasteiger partial charge in [-0.3, -0.25) is 0 Å². The minimum atomic E-state index is -1.33. The second-order valence-corrected chi connectivity index (χ2v) is 7.88. The Bertz CT molecular complexity index is 294. The van der Waals surface area contributed by atoms with E-state index in [2.05, 4.69) is 33.0 Å². The Morgan fingerprint density at radius 3 is 2.06 bits per heavy atom. The van der Waals surface area contributed by atoms with Gasteiger partial charge >= 0.3 is 102 Å². The van der Waals surface area contributed by atoms with Crippen LogP contribution in [0.1, 0.15) is 40.5 Å². The van der Waals surface area contributed by atoms with E-state index in [1.807, 2.05) is 0 Å². The summed E-state index contributed by atoms with van der Waals surface area (Å²) < 4.78 is 11.1. The molecule has 1 fully saturated rings. The molecule has 0 unspecified atom stereocenters. The van der Waals surface area contributed by atoms with Gasteiger partial charge < -0.3 is 0 Å². The fraction of sp³-hybridized carbons (Fsp3) is 0.917. The van der Waals surface area contributed by atoms with E-state index in [0.29, 0.717) is 0 Å². The molecule has 1 heterocycles. The molecule has 3 nitrogen and oxygen atoms in total. The number of ketones is 1. The Balaban J connectivity index is 2.74. The summed E-state index contributed by atoms with van der Waals surface area (Å²) in [5, 5.41) is 3.78. The number of carbonyl (C=O) groups is 1. The monoisotopic (exact) mass is 272 g/mol. The van der Waals surface area contributed by atoms with E-state index in [9.17, 15) is 8.66 Å². The van der Waals surface area contributed by atoms with Crippen LogP contribution < -0.4 is 5.32 Å². The first kappa shape index (κ1) is 14.0. The summed E-state index contributed by atoms with van der Waals surface area (Å²) in [6.45, 7) is 8.50. The van der Waals surface area contributed by atoms with E-state index < -0.39 is 13.6 Å². The number of piperidine rings is 1. The van der Waals surface area contributed by atoms with Crippen LogP contribution in [0.5, 0.6) is 0 Å². The zero-order valence-corrected chi connectivity index (χ0v) is 11.9. The van der Waals surface area contributed by atoms with Crippen LogP contribution in [-0.4, -0.2) is 16.9 Å². The van der Waals surface area contributed by atoms with Crippen LogP contribution in [0.15, 0.2) is 0 Å². The normalized spacial score (nSPS) is 25.2. The molecule has 1 rings (SSSR count). The van der Waals surface area contributed by atoms with Crippen LogP contribution in [-0.2, 0) is 22.2 Å². The van der Waals surface area contributed by atoms with Gasteiger partial charge in [0.2, 0.25) is 0 Å². The van der Waals surface area contributed by atoms with E-state index in [1.54, 1.807) is 5.86 Å². The second-order valence-electron chi connectivity index (χ2n) is 6.05. The van der Waals surface area contributed by atoms with Crippen molar-refractivity contribution < 1.29 is 22.2 Å². The molecule has 0 spiro atoms. The van der Waals surface area contributed by atoms with Crippen molar-refractivity contribution >= 4 is 5.78 Å². The summed E-state index contributed by atoms with van der Waals surface area (Å²) in [5.41, 5.74) is -0.0254. The summed E-state index contributed by atoms with van der Waals surface area (Å²) in [5.74, 6) is 1.86. The van der Waals surface area contributed by atoms with Gasteiger partial charge in [0.05, 0.1) is 0 Å². The molecule has 0 amide bonds. The third-order valence-electron chi connectivity index (χ3n) is 2.93. The maximum absolute atomic E-state index is 12.0. The van der Waals surface area contributed by atoms with E-state index >= 15 is 0 Å². The van der Waals surface area contributed by atoms with Crippen molar-refractivity contribution in [3.63, 3.8) is 0 Å². The fourth-order valence-corrected chi connectivity index (χ4v) is 3.62. The quantitative estimate of drug-likeness (QED) is 0.858. The first-order valence-corrected chi connectivity index (χ1v) is 7.78. The van der Waals surface area contributed by atoms with Crippen molar-refractivity contribution in [2.24, 2.45) is 5.92 Å². The number of carbonyl (C=O) groups excluding carboxylic acids is 1. The molecule has 1 aliphatic heterocycles. The Labute approximate surface area is 102 Å². The van der Waals surface area contributed by atoms with Crippen molar-refractivity contribution in [1.82, 2.24) is 5.32 Å². The van der Waals surface area contributed by atoms with E-state index in [1.165, 1.54) is 0 Å². The number of rotatable bonds is 3. The maximum atomic E-state index is 12.0. The van der Waals surface area contributed by atoms with Gasteiger partial charge in [-0.25, -0.2) is 0 Å². The van der Waals surface area contributed by atoms with Gasteiger partial charge in [-0.2, -0.15) is 0 Å². The van der Waals surface area contributed by atoms with Crippen molar-refractivity contribution in [3.8, 4) is 0 Å². The molecule has 0 aliphatic carbocycles. The number of hydrogen-bond donors (Lipinski definition) is 1. The van der Waals surface area contributed by atoms with Gasteiger partial charge in [-0.05, 0) is 0 Å². The molecule has 0 aromatic heterocycles. The van der Waals surface area contributed by atoms with Gasteiger partial charge in [0.25, 0.3) is 0 Å². The van der Waals surface area contributed by atoms with Gasteiger partial charge in [0, 0.05) is 0 Å². The molecule has 0 aromatic carbocycles. The topological polar surface area (TPSA) is 46.2 Å². The summed E-state index contributed by atoms with van der Waals surface area (Å²) in [7, 11) is 0. The molecule has 1 saturated heterocycles. The Kier molecular flexibility index (Phi) is 4.08. The molecule has 1 N–H and O–H groups in total. The fourth-order valence-electron chi connectivity index (χ4n) is 2.81. The van der Waals surface area contributed by atoms with Gasteiger partial charge in [0.1, 0.15) is 0 Å². The van der Waals surface area contributed by atoms with Crippen LogP contribution in [0.3, 0.4) is 0 Å². The number of nitrogens with one attached hydrogen (secondary N) is 1. The van der Waals surface area contributed by atoms with Gasteiger partial charge in [-0.15, -0.1) is 0 Å². The van der Waals surface area contributed by atoms with Crippen molar-refractivity contribution in [2.45, 2.75) is 62.8 Å². The van der Waals surface area contributed by atoms with E-state index in [-0.39, 0.29) is 28.1 Å². The van der Waals surface area contributed by atoms with Crippen LogP contribution in [0.4, 0.5) is 0 Å². The van der Waals surface area contributed by atoms with Crippen LogP contribution in [0.2, 0.25) is 11.2 Å². The molecule has 0 atom stereocenters. The zero-order chi connectivity index (χ0) is 12.6. The zero-order valence-electron chi connectivity index (χ0n) is 10.8. The molecule has 0 bridgehead atoms. The van der Waals surface area contributed by atoms with E-state index in [0.717, 1.165) is 12.8 Å². The van der Waals surface area contributed by atoms with Crippen LogP contribution >= 0.6 is 0 Å². The second kappa shape index (κ2) is 4.67. The molecule has 0 radical (unpaired) electrons. The average molecular weight is 272 g/mol. The number of Topliss-reactive ketones (excluding diaryl/α,β-unsaturated/α-hetero) is 1. The summed E-state index contributed by atoms with van der Waals surface area (Å²) in [6, 6.07) is 0. The van der Waals surface area contributed by atoms with Gasteiger partial charge in [0.15, 0.2) is 0 Å². The minimum absolute atomic E-state index is 0.0127. The summed E-state index contributed by atoms with van der Waals surface area (Å²) >= 11 is -1.33. The van der Waals surface area contributed by atoms with Crippen LogP contribution in [0.25, 0.3) is 0 Å². The first-order chi connectivity index (χ1) is 7.11. The molecule has 4 heteroatoms. The summed E-state index contributed by atoms with van der Waals surface area (Å²) in [4.78, 5) is 12.0. The third kappa shape index (κ3) is 4.07. The van der Waals surface area contributed by atoms with Crippen molar-refractivity contribution in [1.29, 1.82) is 0 Å².